The van der Waals surface area contributed by atoms with Crippen LogP contribution in [0, 0.1) is 0 Å². The van der Waals surface area contributed by atoms with Crippen LogP contribution in [0.25, 0.3) is 0 Å². The van der Waals surface area contributed by atoms with E-state index < -0.39 is 26.5 Å². The molecular weight excluding hydrogens is 725 g/mol. The van der Waals surface area contributed by atoms with Crippen LogP contribution >= 0.6 is 7.82 Å². The zero-order valence-corrected chi connectivity index (χ0v) is 37.0. The van der Waals surface area contributed by atoms with Crippen molar-refractivity contribution in [3.63, 3.8) is 0 Å². The highest BCUT2D eigenvalue weighted by atomic mass is 31.2. The molecule has 0 aliphatic carbocycles. The number of rotatable bonds is 43. The van der Waals surface area contributed by atoms with E-state index in [1.165, 1.54) is 122 Å². The van der Waals surface area contributed by atoms with Crippen LogP contribution in [-0.2, 0) is 32.7 Å². The summed E-state index contributed by atoms with van der Waals surface area (Å²) in [4.78, 5) is 34.9. The molecule has 328 valence electrons. The standard InChI is InChI=1S/C46H86NO8P/c1-3-5-7-9-11-13-15-17-19-21-22-23-25-26-28-30-32-34-36-38-45(48)52-42-44(43-54-56(50,51)53-41-40-47)55-46(49)39-37-35-33-31-29-27-24-20-18-16-14-12-10-8-6-4-2/h11,13,17,19-20,24,44H,3-10,12,14-16,18,21-23,25-43,47H2,1-2H3,(H,50,51)/b13-11-,19-17-,24-20-/t44-/m1/s1. The van der Waals surface area contributed by atoms with Crippen LogP contribution in [0.5, 0.6) is 0 Å². The first kappa shape index (κ1) is 54.2. The second kappa shape index (κ2) is 42.8. The van der Waals surface area contributed by atoms with Crippen molar-refractivity contribution in [2.45, 2.75) is 219 Å². The normalized spacial score (nSPS) is 13.6. The van der Waals surface area contributed by atoms with Crippen molar-refractivity contribution in [1.29, 1.82) is 0 Å². The van der Waals surface area contributed by atoms with Gasteiger partial charge in [-0.3, -0.25) is 18.6 Å². The summed E-state index contributed by atoms with van der Waals surface area (Å²) in [5.41, 5.74) is 5.35. The SMILES string of the molecule is CCCCC/C=C\C/C=C\CCCCCCCCCCCC(=O)OC[C@H](COP(=O)(O)OCCN)OC(=O)CCCCCCC/C=C\CCCCCCCCC. The third kappa shape index (κ3) is 41.9. The van der Waals surface area contributed by atoms with Gasteiger partial charge in [-0.15, -0.1) is 0 Å². The number of phosphoric ester groups is 1. The first-order chi connectivity index (χ1) is 27.3. The second-order valence-electron chi connectivity index (χ2n) is 15.3. The maximum Gasteiger partial charge on any atom is 0.472 e. The molecule has 0 aromatic rings. The van der Waals surface area contributed by atoms with E-state index in [-0.39, 0.29) is 38.6 Å². The largest absolute Gasteiger partial charge is 0.472 e. The molecule has 2 atom stereocenters. The summed E-state index contributed by atoms with van der Waals surface area (Å²) >= 11 is 0. The van der Waals surface area contributed by atoms with Crippen molar-refractivity contribution >= 4 is 19.8 Å². The molecule has 0 saturated carbocycles. The summed E-state index contributed by atoms with van der Waals surface area (Å²) in [5, 5.41) is 0. The molecule has 0 heterocycles. The molecule has 0 saturated heterocycles. The molecule has 9 nitrogen and oxygen atoms in total. The van der Waals surface area contributed by atoms with Gasteiger partial charge in [0, 0.05) is 19.4 Å². The van der Waals surface area contributed by atoms with Gasteiger partial charge in [0.05, 0.1) is 13.2 Å². The fourth-order valence-corrected chi connectivity index (χ4v) is 7.07. The Labute approximate surface area is 344 Å². The third-order valence-electron chi connectivity index (χ3n) is 9.75. The molecule has 0 rings (SSSR count). The molecule has 0 radical (unpaired) electrons. The topological polar surface area (TPSA) is 134 Å². The number of hydrogen-bond acceptors (Lipinski definition) is 8. The Morgan fingerprint density at radius 3 is 1.41 bits per heavy atom. The summed E-state index contributed by atoms with van der Waals surface area (Å²) in [6, 6.07) is 0. The number of unbranched alkanes of at least 4 members (excludes halogenated alkanes) is 24. The molecule has 0 aromatic heterocycles. The Bertz CT molecular complexity index is 1020. The van der Waals surface area contributed by atoms with Gasteiger partial charge in [0.15, 0.2) is 6.10 Å². The monoisotopic (exact) mass is 812 g/mol. The molecule has 1 unspecified atom stereocenters. The van der Waals surface area contributed by atoms with Crippen molar-refractivity contribution in [2.75, 3.05) is 26.4 Å². The predicted octanol–water partition coefficient (Wildman–Crippen LogP) is 13.3. The maximum atomic E-state index is 12.6. The van der Waals surface area contributed by atoms with Gasteiger partial charge in [-0.2, -0.15) is 0 Å². The molecule has 0 spiro atoms. The Morgan fingerprint density at radius 1 is 0.536 bits per heavy atom. The lowest BCUT2D eigenvalue weighted by Crippen LogP contribution is -2.29. The number of ether oxygens (including phenoxy) is 2. The summed E-state index contributed by atoms with van der Waals surface area (Å²) in [6.07, 6.45) is 47.4. The Balaban J connectivity index is 4.12. The lowest BCUT2D eigenvalue weighted by Gasteiger charge is -2.19. The molecule has 0 aliphatic rings. The van der Waals surface area contributed by atoms with E-state index in [4.69, 9.17) is 24.3 Å². The summed E-state index contributed by atoms with van der Waals surface area (Å²) < 4.78 is 32.8. The van der Waals surface area contributed by atoms with Crippen LogP contribution in [0.3, 0.4) is 0 Å². The fraction of sp³-hybridized carbons (Fsp3) is 0.826. The number of nitrogens with two attached hydrogens (primary N) is 1. The van der Waals surface area contributed by atoms with Gasteiger partial charge < -0.3 is 20.1 Å². The number of carbonyl (C=O) groups is 2. The van der Waals surface area contributed by atoms with E-state index in [0.717, 1.165) is 57.8 Å². The van der Waals surface area contributed by atoms with Gasteiger partial charge in [0.25, 0.3) is 0 Å². The lowest BCUT2D eigenvalue weighted by molar-refractivity contribution is -0.161. The fourth-order valence-electron chi connectivity index (χ4n) is 6.31. The van der Waals surface area contributed by atoms with Crippen molar-refractivity contribution in [2.24, 2.45) is 5.73 Å². The smallest absolute Gasteiger partial charge is 0.462 e. The van der Waals surface area contributed by atoms with E-state index in [1.807, 2.05) is 0 Å². The molecule has 0 aliphatic heterocycles. The van der Waals surface area contributed by atoms with Gasteiger partial charge >= 0.3 is 19.8 Å². The Hall–Kier alpha value is -1.77. The van der Waals surface area contributed by atoms with Crippen LogP contribution in [0.4, 0.5) is 0 Å². The van der Waals surface area contributed by atoms with E-state index in [9.17, 15) is 19.0 Å². The quantitative estimate of drug-likeness (QED) is 0.0267. The Morgan fingerprint density at radius 2 is 0.929 bits per heavy atom. The van der Waals surface area contributed by atoms with E-state index in [0.29, 0.717) is 6.42 Å². The molecule has 3 N–H and O–H groups in total. The average molecular weight is 812 g/mol. The third-order valence-corrected chi connectivity index (χ3v) is 10.7. The molecule has 0 fully saturated rings. The van der Waals surface area contributed by atoms with Crippen molar-refractivity contribution < 1.29 is 37.6 Å². The first-order valence-electron chi connectivity index (χ1n) is 23.0. The number of carbonyl (C=O) groups excluding carboxylic acids is 2. The summed E-state index contributed by atoms with van der Waals surface area (Å²) in [5.74, 6) is -0.839. The number of hydrogen-bond donors (Lipinski definition) is 2. The number of esters is 2. The van der Waals surface area contributed by atoms with Gasteiger partial charge in [0.2, 0.25) is 0 Å². The van der Waals surface area contributed by atoms with E-state index >= 15 is 0 Å². The summed E-state index contributed by atoms with van der Waals surface area (Å²) in [6.45, 7) is 3.71. The van der Waals surface area contributed by atoms with Crippen molar-refractivity contribution in [1.82, 2.24) is 0 Å². The predicted molar refractivity (Wildman–Crippen MR) is 234 cm³/mol. The van der Waals surface area contributed by atoms with Crippen LogP contribution in [0.1, 0.15) is 213 Å². The minimum absolute atomic E-state index is 0.0515. The molecule has 0 aromatic carbocycles. The highest BCUT2D eigenvalue weighted by Gasteiger charge is 2.26. The van der Waals surface area contributed by atoms with Crippen LogP contribution in [-0.4, -0.2) is 49.3 Å². The van der Waals surface area contributed by atoms with Crippen molar-refractivity contribution in [3.05, 3.63) is 36.5 Å². The highest BCUT2D eigenvalue weighted by Crippen LogP contribution is 2.43. The molecule has 10 heteroatoms. The first-order valence-corrected chi connectivity index (χ1v) is 24.5. The minimum Gasteiger partial charge on any atom is -0.462 e. The van der Waals surface area contributed by atoms with E-state index in [2.05, 4.69) is 50.3 Å². The van der Waals surface area contributed by atoms with Crippen LogP contribution < -0.4 is 5.73 Å². The number of phosphoric acid groups is 1. The van der Waals surface area contributed by atoms with Crippen LogP contribution in [0.2, 0.25) is 0 Å². The zero-order chi connectivity index (χ0) is 41.1. The highest BCUT2D eigenvalue weighted by molar-refractivity contribution is 7.47. The molecular formula is C46H86NO8P. The molecule has 0 bridgehead atoms. The van der Waals surface area contributed by atoms with E-state index in [1.54, 1.807) is 0 Å². The maximum absolute atomic E-state index is 12.6. The van der Waals surface area contributed by atoms with Gasteiger partial charge in [-0.1, -0.05) is 166 Å². The number of allylic oxidation sites excluding steroid dienone is 6. The Kier molecular flexibility index (Phi) is 41.5. The van der Waals surface area contributed by atoms with Gasteiger partial charge in [-0.05, 0) is 70.6 Å². The molecule has 0 amide bonds. The van der Waals surface area contributed by atoms with Crippen molar-refractivity contribution in [3.8, 4) is 0 Å². The minimum atomic E-state index is -4.38. The average Bonchev–Trinajstić information content (AvgIpc) is 3.18. The van der Waals surface area contributed by atoms with Gasteiger partial charge in [0.1, 0.15) is 6.61 Å². The summed E-state index contributed by atoms with van der Waals surface area (Å²) in [7, 11) is -4.38. The van der Waals surface area contributed by atoms with Gasteiger partial charge in [-0.25, -0.2) is 4.57 Å². The second-order valence-corrected chi connectivity index (χ2v) is 16.7. The lowest BCUT2D eigenvalue weighted by atomic mass is 10.1. The van der Waals surface area contributed by atoms with Crippen LogP contribution in [0.15, 0.2) is 36.5 Å². The zero-order valence-electron chi connectivity index (χ0n) is 36.1. The molecule has 56 heavy (non-hydrogen) atoms.